The van der Waals surface area contributed by atoms with Crippen molar-refractivity contribution in [1.82, 2.24) is 0 Å². The van der Waals surface area contributed by atoms with Crippen LogP contribution < -0.4 is 0 Å². The van der Waals surface area contributed by atoms with E-state index in [1.165, 1.54) is 0 Å². The van der Waals surface area contributed by atoms with E-state index in [1.807, 2.05) is 0 Å². The van der Waals surface area contributed by atoms with Crippen LogP contribution >= 0.6 is 23.2 Å². The largest absolute Gasteiger partial charge is 0.481 e. The molecule has 0 spiro atoms. The molecule has 0 radical (unpaired) electrons. The van der Waals surface area contributed by atoms with Gasteiger partial charge in [0.2, 0.25) is 0 Å². The van der Waals surface area contributed by atoms with Crippen molar-refractivity contribution in [2.75, 3.05) is 0 Å². The first-order chi connectivity index (χ1) is 6.25. The summed E-state index contributed by atoms with van der Waals surface area (Å²) in [6.07, 6.45) is 0.0864. The van der Waals surface area contributed by atoms with Crippen molar-refractivity contribution < 1.29 is 39.3 Å². The molecule has 4 nitrogen and oxygen atoms in total. The summed E-state index contributed by atoms with van der Waals surface area (Å²) in [5.74, 6) is -1.69. The maximum absolute atomic E-state index is 9.73. The van der Waals surface area contributed by atoms with Crippen LogP contribution in [0.2, 0.25) is 0 Å². The molecule has 0 saturated heterocycles. The summed E-state index contributed by atoms with van der Waals surface area (Å²) in [6.45, 7) is 3.30. The van der Waals surface area contributed by atoms with Gasteiger partial charge in [0.25, 0.3) is 0 Å². The molecule has 0 aliphatic heterocycles. The van der Waals surface area contributed by atoms with Crippen molar-refractivity contribution in [3.05, 3.63) is 0 Å². The van der Waals surface area contributed by atoms with E-state index in [1.54, 1.807) is 13.8 Å². The van der Waals surface area contributed by atoms with Crippen LogP contribution in [0.25, 0.3) is 0 Å². The second kappa shape index (κ2) is 12.2. The predicted octanol–water partition coefficient (Wildman–Crippen LogP) is 2.17. The van der Waals surface area contributed by atoms with Crippen molar-refractivity contribution in [1.29, 1.82) is 0 Å². The van der Waals surface area contributed by atoms with Gasteiger partial charge < -0.3 is 10.2 Å². The fourth-order valence-corrected chi connectivity index (χ4v) is 0.745. The SMILES string of the molecule is CC(Cl)CC(=O)O.CC(Cl)CC(=O)O.[Zn]. The fourth-order valence-electron chi connectivity index (χ4n) is 0.481. The van der Waals surface area contributed by atoms with Crippen LogP contribution in [0, 0.1) is 0 Å². The van der Waals surface area contributed by atoms with Crippen LogP contribution in [0.4, 0.5) is 0 Å². The topological polar surface area (TPSA) is 74.6 Å². The Morgan fingerprint density at radius 3 is 1.20 bits per heavy atom. The summed E-state index contributed by atoms with van der Waals surface area (Å²) in [5.41, 5.74) is 0. The number of hydrogen-bond acceptors (Lipinski definition) is 2. The van der Waals surface area contributed by atoms with Gasteiger partial charge in [-0.05, 0) is 13.8 Å². The normalized spacial score (nSPS) is 12.5. The van der Waals surface area contributed by atoms with Crippen molar-refractivity contribution in [2.45, 2.75) is 37.4 Å². The zero-order chi connectivity index (χ0) is 11.7. The maximum atomic E-state index is 9.73. The molecule has 0 heterocycles. The van der Waals surface area contributed by atoms with Crippen molar-refractivity contribution in [3.63, 3.8) is 0 Å². The van der Waals surface area contributed by atoms with E-state index in [0.29, 0.717) is 0 Å². The average Bonchev–Trinajstić information content (AvgIpc) is 1.79. The molecule has 15 heavy (non-hydrogen) atoms. The minimum atomic E-state index is -0.845. The molecule has 0 aromatic rings. The van der Waals surface area contributed by atoms with Gasteiger partial charge in [0.05, 0.1) is 12.8 Å². The molecule has 2 atom stereocenters. The Balaban J connectivity index is -0.000000180. The van der Waals surface area contributed by atoms with Crippen LogP contribution in [0.1, 0.15) is 26.7 Å². The third-order valence-electron chi connectivity index (χ3n) is 0.912. The van der Waals surface area contributed by atoms with Gasteiger partial charge >= 0.3 is 11.9 Å². The van der Waals surface area contributed by atoms with Gasteiger partial charge in [-0.25, -0.2) is 0 Å². The second-order valence-corrected chi connectivity index (χ2v) is 4.25. The Kier molecular flexibility index (Phi) is 16.7. The first-order valence-electron chi connectivity index (χ1n) is 3.97. The second-order valence-electron chi connectivity index (χ2n) is 2.76. The number of carbonyl (C=O) groups is 2. The number of alkyl halides is 2. The minimum absolute atomic E-state index is 0. The summed E-state index contributed by atoms with van der Waals surface area (Å²) >= 11 is 10.6. The van der Waals surface area contributed by atoms with Gasteiger partial charge in [-0.1, -0.05) is 0 Å². The first kappa shape index (κ1) is 20.5. The molecule has 0 fully saturated rings. The Morgan fingerprint density at radius 1 is 1.00 bits per heavy atom. The van der Waals surface area contributed by atoms with Gasteiger partial charge in [0.15, 0.2) is 0 Å². The average molecular weight is 310 g/mol. The molecular weight excluding hydrogens is 296 g/mol. The predicted molar refractivity (Wildman–Crippen MR) is 55.1 cm³/mol. The molecule has 0 bridgehead atoms. The van der Waals surface area contributed by atoms with Crippen LogP contribution in [0.5, 0.6) is 0 Å². The van der Waals surface area contributed by atoms with E-state index in [9.17, 15) is 9.59 Å². The summed E-state index contributed by atoms with van der Waals surface area (Å²) in [6, 6.07) is 0. The van der Waals surface area contributed by atoms with Gasteiger partial charge in [0.1, 0.15) is 0 Å². The van der Waals surface area contributed by atoms with E-state index in [0.717, 1.165) is 0 Å². The molecule has 86 valence electrons. The minimum Gasteiger partial charge on any atom is -0.481 e. The number of halogens is 2. The Morgan fingerprint density at radius 2 is 1.20 bits per heavy atom. The Hall–Kier alpha value is 0.143. The molecule has 0 rings (SSSR count). The van der Waals surface area contributed by atoms with Gasteiger partial charge in [-0.3, -0.25) is 9.59 Å². The molecule has 2 N–H and O–H groups in total. The number of carboxylic acids is 2. The zero-order valence-electron chi connectivity index (χ0n) is 8.74. The van der Waals surface area contributed by atoms with E-state index < -0.39 is 11.9 Å². The standard InChI is InChI=1S/2C4H7ClO2.Zn/c2*1-3(5)2-4(6)7;/h2*3H,2H2,1H3,(H,6,7);. The summed E-state index contributed by atoms with van der Waals surface area (Å²) < 4.78 is 0. The third kappa shape index (κ3) is 31.5. The van der Waals surface area contributed by atoms with Crippen molar-refractivity contribution >= 4 is 35.1 Å². The van der Waals surface area contributed by atoms with Crippen molar-refractivity contribution in [2.24, 2.45) is 0 Å². The fraction of sp³-hybridized carbons (Fsp3) is 0.750. The molecule has 0 saturated carbocycles. The van der Waals surface area contributed by atoms with Crippen LogP contribution in [-0.2, 0) is 29.1 Å². The molecule has 0 aliphatic carbocycles. The van der Waals surface area contributed by atoms with E-state index in [-0.39, 0.29) is 43.1 Å². The van der Waals surface area contributed by atoms with Gasteiger partial charge in [-0.15, -0.1) is 23.2 Å². The quantitative estimate of drug-likeness (QED) is 0.616. The molecule has 7 heteroatoms. The summed E-state index contributed by atoms with van der Waals surface area (Å²) in [7, 11) is 0. The Bertz CT molecular complexity index is 165. The van der Waals surface area contributed by atoms with E-state index in [4.69, 9.17) is 33.4 Å². The summed E-state index contributed by atoms with van der Waals surface area (Å²) in [5, 5.41) is 15.5. The van der Waals surface area contributed by atoms with Gasteiger partial charge in [0, 0.05) is 30.2 Å². The van der Waals surface area contributed by atoms with Crippen LogP contribution in [0.3, 0.4) is 0 Å². The number of aliphatic carboxylic acids is 2. The maximum Gasteiger partial charge on any atom is 0.304 e. The first-order valence-corrected chi connectivity index (χ1v) is 4.84. The molecule has 0 aliphatic rings. The number of hydrogen-bond donors (Lipinski definition) is 2. The van der Waals surface area contributed by atoms with Crippen LogP contribution in [0.15, 0.2) is 0 Å². The molecular formula is C8H14Cl2O4Zn. The molecule has 0 amide bonds. The van der Waals surface area contributed by atoms with E-state index in [2.05, 4.69) is 0 Å². The zero-order valence-corrected chi connectivity index (χ0v) is 13.2. The molecule has 0 aromatic carbocycles. The molecule has 2 unspecified atom stereocenters. The van der Waals surface area contributed by atoms with E-state index >= 15 is 0 Å². The Labute approximate surface area is 112 Å². The molecule has 0 aromatic heterocycles. The third-order valence-corrected chi connectivity index (χ3v) is 1.22. The smallest absolute Gasteiger partial charge is 0.304 e. The van der Waals surface area contributed by atoms with Gasteiger partial charge in [-0.2, -0.15) is 0 Å². The summed E-state index contributed by atoms with van der Waals surface area (Å²) in [4.78, 5) is 19.5. The van der Waals surface area contributed by atoms with Crippen LogP contribution in [-0.4, -0.2) is 32.9 Å². The van der Waals surface area contributed by atoms with Crippen molar-refractivity contribution in [3.8, 4) is 0 Å². The number of rotatable bonds is 4. The monoisotopic (exact) mass is 308 g/mol. The number of carboxylic acid groups (broad SMARTS) is 2.